The molecule has 0 radical (unpaired) electrons. The summed E-state index contributed by atoms with van der Waals surface area (Å²) in [6.07, 6.45) is 1.94. The fourth-order valence-electron chi connectivity index (χ4n) is 5.12. The zero-order valence-corrected chi connectivity index (χ0v) is 23.9. The minimum absolute atomic E-state index is 0. The van der Waals surface area contributed by atoms with E-state index in [1.165, 1.54) is 0 Å². The van der Waals surface area contributed by atoms with Gasteiger partial charge in [-0.3, -0.25) is 9.69 Å². The minimum Gasteiger partial charge on any atom is -0.489 e. The van der Waals surface area contributed by atoms with E-state index in [0.717, 1.165) is 42.8 Å². The van der Waals surface area contributed by atoms with Crippen LogP contribution in [0.2, 0.25) is 0 Å². The monoisotopic (exact) mass is 567 g/mol. The van der Waals surface area contributed by atoms with Crippen LogP contribution in [0.3, 0.4) is 0 Å². The van der Waals surface area contributed by atoms with E-state index in [1.54, 1.807) is 0 Å². The predicted molar refractivity (Wildman–Crippen MR) is 155 cm³/mol. The molecule has 0 bridgehead atoms. The Hall–Kier alpha value is -3.33. The number of amides is 1. The normalized spacial score (nSPS) is 19.4. The number of rotatable bonds is 10. The zero-order valence-electron chi connectivity index (χ0n) is 23.1. The number of hydrogen-bond acceptors (Lipinski definition) is 7. The molecule has 214 valence electrons. The third-order valence-electron chi connectivity index (χ3n) is 7.35. The SMILES string of the molecule is CC1=C(C(=O)NC2CC2)C(c2ccccc2OCc2ccccc2)C(C(=O)OCCN2CCOCC2)=C(C)N1.Cl. The van der Waals surface area contributed by atoms with Crippen molar-refractivity contribution in [3.63, 3.8) is 0 Å². The molecule has 5 rings (SSSR count). The topological polar surface area (TPSA) is 89.1 Å². The number of ether oxygens (including phenoxy) is 3. The van der Waals surface area contributed by atoms with Gasteiger partial charge in [-0.15, -0.1) is 12.4 Å². The molecule has 3 aliphatic rings. The number of carbonyl (C=O) groups excluding carboxylic acids is 2. The summed E-state index contributed by atoms with van der Waals surface area (Å²) in [4.78, 5) is 29.5. The summed E-state index contributed by atoms with van der Waals surface area (Å²) in [5.74, 6) is -0.603. The van der Waals surface area contributed by atoms with Gasteiger partial charge in [-0.05, 0) is 38.3 Å². The van der Waals surface area contributed by atoms with E-state index in [1.807, 2.05) is 68.4 Å². The number of hydrogen-bond donors (Lipinski definition) is 2. The van der Waals surface area contributed by atoms with Gasteiger partial charge < -0.3 is 24.8 Å². The molecule has 0 aromatic heterocycles. The maximum Gasteiger partial charge on any atom is 0.336 e. The lowest BCUT2D eigenvalue weighted by molar-refractivity contribution is -0.140. The fraction of sp³-hybridized carbons (Fsp3) is 0.419. The van der Waals surface area contributed by atoms with E-state index < -0.39 is 11.9 Å². The Labute approximate surface area is 242 Å². The van der Waals surface area contributed by atoms with Crippen LogP contribution < -0.4 is 15.4 Å². The van der Waals surface area contributed by atoms with Gasteiger partial charge in [0.15, 0.2) is 0 Å². The number of nitrogens with zero attached hydrogens (tertiary/aromatic N) is 1. The summed E-state index contributed by atoms with van der Waals surface area (Å²) in [5, 5.41) is 6.40. The van der Waals surface area contributed by atoms with Crippen LogP contribution >= 0.6 is 12.4 Å². The van der Waals surface area contributed by atoms with Gasteiger partial charge in [0, 0.05) is 48.2 Å². The first kappa shape index (κ1) is 29.6. The van der Waals surface area contributed by atoms with E-state index >= 15 is 0 Å². The molecule has 2 aromatic rings. The molecule has 1 saturated carbocycles. The number of carbonyl (C=O) groups is 2. The lowest BCUT2D eigenvalue weighted by Gasteiger charge is -2.32. The Morgan fingerprint density at radius 2 is 1.65 bits per heavy atom. The summed E-state index contributed by atoms with van der Waals surface area (Å²) >= 11 is 0. The molecule has 2 N–H and O–H groups in total. The van der Waals surface area contributed by atoms with Crippen molar-refractivity contribution in [2.45, 2.75) is 45.3 Å². The molecule has 1 saturated heterocycles. The maximum atomic E-state index is 13.7. The fourth-order valence-corrected chi connectivity index (χ4v) is 5.12. The number of morpholine rings is 1. The molecule has 9 heteroatoms. The van der Waals surface area contributed by atoms with Crippen LogP contribution in [0.1, 0.15) is 43.7 Å². The largest absolute Gasteiger partial charge is 0.489 e. The third kappa shape index (κ3) is 7.24. The molecular weight excluding hydrogens is 530 g/mol. The average Bonchev–Trinajstić information content (AvgIpc) is 3.76. The third-order valence-corrected chi connectivity index (χ3v) is 7.35. The van der Waals surface area contributed by atoms with Gasteiger partial charge in [-0.2, -0.15) is 0 Å². The highest BCUT2D eigenvalue weighted by Gasteiger charge is 2.40. The van der Waals surface area contributed by atoms with Crippen LogP contribution in [-0.4, -0.2) is 62.3 Å². The first-order valence-corrected chi connectivity index (χ1v) is 13.7. The second kappa shape index (κ2) is 13.8. The molecule has 2 aliphatic heterocycles. The molecule has 40 heavy (non-hydrogen) atoms. The first-order valence-electron chi connectivity index (χ1n) is 13.7. The van der Waals surface area contributed by atoms with Crippen LogP contribution in [0.25, 0.3) is 0 Å². The Bertz CT molecular complexity index is 1250. The molecule has 1 amide bonds. The average molecular weight is 568 g/mol. The molecule has 8 nitrogen and oxygen atoms in total. The molecule has 2 aromatic carbocycles. The Morgan fingerprint density at radius 1 is 0.975 bits per heavy atom. The van der Waals surface area contributed by atoms with Crippen LogP contribution in [0.15, 0.2) is 77.1 Å². The van der Waals surface area contributed by atoms with Gasteiger partial charge in [0.25, 0.3) is 0 Å². The lowest BCUT2D eigenvalue weighted by atomic mass is 9.79. The number of nitrogens with one attached hydrogen (secondary N) is 2. The van der Waals surface area contributed by atoms with Gasteiger partial charge in [-0.1, -0.05) is 48.5 Å². The first-order chi connectivity index (χ1) is 19.0. The number of para-hydroxylation sites is 1. The van der Waals surface area contributed by atoms with E-state index in [4.69, 9.17) is 14.2 Å². The Morgan fingerprint density at radius 3 is 2.38 bits per heavy atom. The van der Waals surface area contributed by atoms with Crippen molar-refractivity contribution in [1.82, 2.24) is 15.5 Å². The van der Waals surface area contributed by atoms with Crippen molar-refractivity contribution in [1.29, 1.82) is 0 Å². The van der Waals surface area contributed by atoms with E-state index in [9.17, 15) is 9.59 Å². The summed E-state index contributed by atoms with van der Waals surface area (Å²) in [7, 11) is 0. The Balaban J connectivity index is 0.00000370. The molecule has 1 unspecified atom stereocenters. The van der Waals surface area contributed by atoms with E-state index in [0.29, 0.717) is 49.0 Å². The van der Waals surface area contributed by atoms with Gasteiger partial charge >= 0.3 is 5.97 Å². The van der Waals surface area contributed by atoms with Crippen molar-refractivity contribution in [3.8, 4) is 5.75 Å². The standard InChI is InChI=1S/C31H37N3O5.ClH/c1-21-27(30(35)33-24-12-13-24)29(25-10-6-7-11-26(25)39-20-23-8-4-3-5-9-23)28(22(2)32-21)31(36)38-19-16-34-14-17-37-18-15-34;/h3-11,24,29,32H,12-20H2,1-2H3,(H,33,35);1H. The number of allylic oxidation sites excluding steroid dienone is 2. The highest BCUT2D eigenvalue weighted by Crippen LogP contribution is 2.43. The number of dihydropyridines is 1. The van der Waals surface area contributed by atoms with Crippen molar-refractivity contribution < 1.29 is 23.8 Å². The molecule has 2 heterocycles. The van der Waals surface area contributed by atoms with Gasteiger partial charge in [0.1, 0.15) is 19.0 Å². The van der Waals surface area contributed by atoms with Crippen molar-refractivity contribution in [2.24, 2.45) is 0 Å². The van der Waals surface area contributed by atoms with Gasteiger partial charge in [0.2, 0.25) is 5.91 Å². The molecule has 0 spiro atoms. The van der Waals surface area contributed by atoms with Crippen LogP contribution in [0.4, 0.5) is 0 Å². The second-order valence-corrected chi connectivity index (χ2v) is 10.3. The molecule has 1 aliphatic carbocycles. The predicted octanol–water partition coefficient (Wildman–Crippen LogP) is 4.08. The van der Waals surface area contributed by atoms with Crippen molar-refractivity contribution in [2.75, 3.05) is 39.5 Å². The lowest BCUT2D eigenvalue weighted by Crippen LogP contribution is -2.39. The van der Waals surface area contributed by atoms with Gasteiger partial charge in [0.05, 0.1) is 24.7 Å². The summed E-state index contributed by atoms with van der Waals surface area (Å²) < 4.78 is 17.5. The number of esters is 1. The van der Waals surface area contributed by atoms with Crippen molar-refractivity contribution >= 4 is 24.3 Å². The van der Waals surface area contributed by atoms with Crippen LogP contribution in [0, 0.1) is 0 Å². The molecule has 1 atom stereocenters. The number of halogens is 1. The maximum absolute atomic E-state index is 13.7. The zero-order chi connectivity index (χ0) is 27.2. The van der Waals surface area contributed by atoms with E-state index in [2.05, 4.69) is 15.5 Å². The van der Waals surface area contributed by atoms with Crippen molar-refractivity contribution in [3.05, 3.63) is 88.3 Å². The minimum atomic E-state index is -0.632. The highest BCUT2D eigenvalue weighted by molar-refractivity contribution is 6.02. The highest BCUT2D eigenvalue weighted by atomic mass is 35.5. The van der Waals surface area contributed by atoms with Crippen LogP contribution in [-0.2, 0) is 25.7 Å². The smallest absolute Gasteiger partial charge is 0.336 e. The second-order valence-electron chi connectivity index (χ2n) is 10.3. The molecular formula is C31H38ClN3O5. The van der Waals surface area contributed by atoms with Crippen LogP contribution in [0.5, 0.6) is 5.75 Å². The summed E-state index contributed by atoms with van der Waals surface area (Å²) in [5.41, 5.74) is 4.14. The molecule has 2 fully saturated rings. The number of benzene rings is 2. The summed E-state index contributed by atoms with van der Waals surface area (Å²) in [6, 6.07) is 17.7. The van der Waals surface area contributed by atoms with E-state index in [-0.39, 0.29) is 31.0 Å². The Kier molecular flexibility index (Phi) is 10.3. The quantitative estimate of drug-likeness (QED) is 0.418. The summed E-state index contributed by atoms with van der Waals surface area (Å²) in [6.45, 7) is 8.04. The van der Waals surface area contributed by atoms with Gasteiger partial charge in [-0.25, -0.2) is 4.79 Å².